The number of hydrogen-bond donors (Lipinski definition) is 2. The van der Waals surface area contributed by atoms with Gasteiger partial charge in [-0.25, -0.2) is 13.6 Å². The minimum atomic E-state index is -3.76. The van der Waals surface area contributed by atoms with Crippen LogP contribution in [0.25, 0.3) is 0 Å². The number of sulfonamides is 1. The van der Waals surface area contributed by atoms with E-state index >= 15 is 0 Å². The standard InChI is InChI=1S/C19H24N2O4S/c1-13(25-16-9-5-14(6-10-16)19(2,3)4)18(22)21-15-7-11-17(12-8-15)26(20,23)24/h5-13H,1-4H3,(H,21,22)(H2,20,23,24)/t13-/m1/s1. The van der Waals surface area contributed by atoms with Gasteiger partial charge in [0.15, 0.2) is 6.10 Å². The first kappa shape index (κ1) is 19.9. The Kier molecular flexibility index (Phi) is 5.73. The molecule has 0 radical (unpaired) electrons. The minimum absolute atomic E-state index is 0.0151. The van der Waals surface area contributed by atoms with Gasteiger partial charge in [-0.3, -0.25) is 4.79 Å². The predicted molar refractivity (Wildman–Crippen MR) is 102 cm³/mol. The first-order chi connectivity index (χ1) is 12.0. The third kappa shape index (κ3) is 5.31. The number of ether oxygens (including phenoxy) is 1. The summed E-state index contributed by atoms with van der Waals surface area (Å²) >= 11 is 0. The van der Waals surface area contributed by atoms with Crippen molar-refractivity contribution in [3.63, 3.8) is 0 Å². The molecule has 0 aromatic heterocycles. The molecule has 0 aliphatic carbocycles. The second-order valence-corrected chi connectivity index (χ2v) is 8.65. The average Bonchev–Trinajstić information content (AvgIpc) is 2.54. The van der Waals surface area contributed by atoms with Crippen molar-refractivity contribution in [1.29, 1.82) is 0 Å². The first-order valence-corrected chi connectivity index (χ1v) is 9.72. The third-order valence-corrected chi connectivity index (χ3v) is 4.78. The van der Waals surface area contributed by atoms with Crippen LogP contribution in [0.4, 0.5) is 5.69 Å². The van der Waals surface area contributed by atoms with E-state index in [4.69, 9.17) is 9.88 Å². The molecule has 2 rings (SSSR count). The molecule has 26 heavy (non-hydrogen) atoms. The van der Waals surface area contributed by atoms with Crippen molar-refractivity contribution in [3.8, 4) is 5.75 Å². The zero-order chi connectivity index (χ0) is 19.5. The van der Waals surface area contributed by atoms with E-state index in [1.807, 2.05) is 24.3 Å². The molecule has 0 spiro atoms. The molecule has 1 amide bonds. The summed E-state index contributed by atoms with van der Waals surface area (Å²) in [5, 5.41) is 7.72. The van der Waals surface area contributed by atoms with E-state index in [1.54, 1.807) is 6.92 Å². The van der Waals surface area contributed by atoms with Crippen LogP contribution in [0.15, 0.2) is 53.4 Å². The number of carbonyl (C=O) groups excluding carboxylic acids is 1. The molecule has 0 saturated carbocycles. The molecule has 0 unspecified atom stereocenters. The normalized spacial score (nSPS) is 13.1. The fourth-order valence-corrected chi connectivity index (χ4v) is 2.78. The van der Waals surface area contributed by atoms with Crippen LogP contribution < -0.4 is 15.2 Å². The van der Waals surface area contributed by atoms with Crippen LogP contribution in [0.1, 0.15) is 33.3 Å². The number of rotatable bonds is 5. The smallest absolute Gasteiger partial charge is 0.265 e. The number of nitrogens with two attached hydrogens (primary N) is 1. The number of amides is 1. The molecule has 140 valence electrons. The van der Waals surface area contributed by atoms with E-state index in [2.05, 4.69) is 26.1 Å². The van der Waals surface area contributed by atoms with Crippen molar-refractivity contribution in [2.45, 2.75) is 44.1 Å². The summed E-state index contributed by atoms with van der Waals surface area (Å²) in [6.07, 6.45) is -0.714. The second-order valence-electron chi connectivity index (χ2n) is 7.09. The Balaban J connectivity index is 1.99. The van der Waals surface area contributed by atoms with E-state index in [9.17, 15) is 13.2 Å². The van der Waals surface area contributed by atoms with E-state index in [1.165, 1.54) is 29.8 Å². The lowest BCUT2D eigenvalue weighted by Gasteiger charge is -2.20. The summed E-state index contributed by atoms with van der Waals surface area (Å²) < 4.78 is 28.1. The molecule has 2 aromatic carbocycles. The van der Waals surface area contributed by atoms with Gasteiger partial charge in [-0.15, -0.1) is 0 Å². The lowest BCUT2D eigenvalue weighted by molar-refractivity contribution is -0.122. The van der Waals surface area contributed by atoms with Gasteiger partial charge in [0, 0.05) is 5.69 Å². The fourth-order valence-electron chi connectivity index (χ4n) is 2.26. The Hall–Kier alpha value is -2.38. The summed E-state index contributed by atoms with van der Waals surface area (Å²) in [6, 6.07) is 13.3. The molecule has 0 bridgehead atoms. The van der Waals surface area contributed by atoms with E-state index in [-0.39, 0.29) is 16.2 Å². The molecule has 3 N–H and O–H groups in total. The number of hydrogen-bond acceptors (Lipinski definition) is 4. The molecule has 0 fully saturated rings. The molecule has 7 heteroatoms. The van der Waals surface area contributed by atoms with Crippen LogP contribution in [-0.2, 0) is 20.2 Å². The Bertz CT molecular complexity index is 867. The lowest BCUT2D eigenvalue weighted by Crippen LogP contribution is -2.30. The van der Waals surface area contributed by atoms with Crippen molar-refractivity contribution >= 4 is 21.6 Å². The number of primary sulfonamides is 1. The van der Waals surface area contributed by atoms with Crippen LogP contribution >= 0.6 is 0 Å². The van der Waals surface area contributed by atoms with Crippen LogP contribution in [0.3, 0.4) is 0 Å². The van der Waals surface area contributed by atoms with Crippen molar-refractivity contribution < 1.29 is 17.9 Å². The van der Waals surface area contributed by atoms with E-state index in [0.29, 0.717) is 11.4 Å². The predicted octanol–water partition coefficient (Wildman–Crippen LogP) is 3.04. The Labute approximate surface area is 154 Å². The first-order valence-electron chi connectivity index (χ1n) is 8.18. The van der Waals surface area contributed by atoms with Crippen LogP contribution in [0.5, 0.6) is 5.75 Å². The monoisotopic (exact) mass is 376 g/mol. The average molecular weight is 376 g/mol. The maximum absolute atomic E-state index is 12.2. The Morgan fingerprint density at radius 2 is 1.58 bits per heavy atom. The maximum Gasteiger partial charge on any atom is 0.265 e. The van der Waals surface area contributed by atoms with Gasteiger partial charge >= 0.3 is 0 Å². The van der Waals surface area contributed by atoms with E-state index in [0.717, 1.165) is 0 Å². The molecule has 6 nitrogen and oxygen atoms in total. The van der Waals surface area contributed by atoms with Gasteiger partial charge in [-0.2, -0.15) is 0 Å². The Morgan fingerprint density at radius 1 is 1.04 bits per heavy atom. The minimum Gasteiger partial charge on any atom is -0.481 e. The number of anilines is 1. The molecular weight excluding hydrogens is 352 g/mol. The molecule has 1 atom stereocenters. The van der Waals surface area contributed by atoms with E-state index < -0.39 is 16.1 Å². The number of benzene rings is 2. The quantitative estimate of drug-likeness (QED) is 0.838. The molecule has 0 aliphatic rings. The SMILES string of the molecule is C[C@@H](Oc1ccc(C(C)(C)C)cc1)C(=O)Nc1ccc(S(N)(=O)=O)cc1. The summed E-state index contributed by atoms with van der Waals surface area (Å²) in [6.45, 7) is 8.02. The zero-order valence-electron chi connectivity index (χ0n) is 15.3. The van der Waals surface area contributed by atoms with Gasteiger partial charge in [-0.1, -0.05) is 32.9 Å². The second kappa shape index (κ2) is 7.47. The summed E-state index contributed by atoms with van der Waals surface area (Å²) in [7, 11) is -3.76. The van der Waals surface area contributed by atoms with Crippen molar-refractivity contribution in [2.24, 2.45) is 5.14 Å². The summed E-state index contributed by atoms with van der Waals surface area (Å²) in [5.41, 5.74) is 1.68. The molecular formula is C19H24N2O4S. The van der Waals surface area contributed by atoms with Gasteiger partial charge in [0.1, 0.15) is 5.75 Å². The van der Waals surface area contributed by atoms with Crippen LogP contribution in [-0.4, -0.2) is 20.4 Å². The highest BCUT2D eigenvalue weighted by molar-refractivity contribution is 7.89. The Morgan fingerprint density at radius 3 is 2.04 bits per heavy atom. The highest BCUT2D eigenvalue weighted by Gasteiger charge is 2.17. The number of nitrogens with one attached hydrogen (secondary N) is 1. The fraction of sp³-hybridized carbons (Fsp3) is 0.316. The van der Waals surface area contributed by atoms with Crippen LogP contribution in [0, 0.1) is 0 Å². The lowest BCUT2D eigenvalue weighted by atomic mass is 9.87. The topological polar surface area (TPSA) is 98.5 Å². The highest BCUT2D eigenvalue weighted by Crippen LogP contribution is 2.24. The summed E-state index contributed by atoms with van der Waals surface area (Å²) in [4.78, 5) is 12.2. The van der Waals surface area contributed by atoms with Gasteiger partial charge < -0.3 is 10.1 Å². The number of carbonyl (C=O) groups is 1. The molecule has 0 aliphatic heterocycles. The molecule has 0 heterocycles. The van der Waals surface area contributed by atoms with Gasteiger partial charge in [0.25, 0.3) is 5.91 Å². The summed E-state index contributed by atoms with van der Waals surface area (Å²) in [5.74, 6) is 0.262. The third-order valence-electron chi connectivity index (χ3n) is 3.85. The highest BCUT2D eigenvalue weighted by atomic mass is 32.2. The van der Waals surface area contributed by atoms with Gasteiger partial charge in [0.2, 0.25) is 10.0 Å². The maximum atomic E-state index is 12.2. The largest absolute Gasteiger partial charge is 0.481 e. The van der Waals surface area contributed by atoms with Gasteiger partial charge in [0.05, 0.1) is 4.90 Å². The van der Waals surface area contributed by atoms with Crippen LogP contribution in [0.2, 0.25) is 0 Å². The zero-order valence-corrected chi connectivity index (χ0v) is 16.1. The van der Waals surface area contributed by atoms with Crippen molar-refractivity contribution in [3.05, 3.63) is 54.1 Å². The molecule has 2 aromatic rings. The van der Waals surface area contributed by atoms with Crippen molar-refractivity contribution in [1.82, 2.24) is 0 Å². The van der Waals surface area contributed by atoms with Crippen molar-refractivity contribution in [2.75, 3.05) is 5.32 Å². The van der Waals surface area contributed by atoms with Gasteiger partial charge in [-0.05, 0) is 54.3 Å². The molecule has 0 saturated heterocycles.